The molecular weight excluding hydrogens is 374 g/mol. The number of hydrogen-bond donors (Lipinski definition) is 2. The van der Waals surface area contributed by atoms with Crippen molar-refractivity contribution in [2.24, 2.45) is 5.92 Å². The largest absolute Gasteiger partial charge is 0.505 e. The van der Waals surface area contributed by atoms with Gasteiger partial charge in [-0.15, -0.1) is 0 Å². The van der Waals surface area contributed by atoms with E-state index < -0.39 is 28.0 Å². The molecular formula is C22H21NO6. The van der Waals surface area contributed by atoms with Crippen molar-refractivity contribution < 1.29 is 24.7 Å². The van der Waals surface area contributed by atoms with Crippen molar-refractivity contribution in [3.8, 4) is 11.1 Å². The third kappa shape index (κ3) is 3.12. The van der Waals surface area contributed by atoms with Gasteiger partial charge >= 0.3 is 5.97 Å². The highest BCUT2D eigenvalue weighted by molar-refractivity contribution is 5.90. The van der Waals surface area contributed by atoms with E-state index in [4.69, 9.17) is 4.74 Å². The number of aliphatic hydroxyl groups excluding tert-OH is 2. The van der Waals surface area contributed by atoms with E-state index >= 15 is 0 Å². The smallest absolute Gasteiger partial charge is 0.378 e. The summed E-state index contributed by atoms with van der Waals surface area (Å²) in [5.74, 6) is -2.17. The molecule has 1 atom stereocenters. The number of hydrogen-bond acceptors (Lipinski definition) is 6. The van der Waals surface area contributed by atoms with Crippen molar-refractivity contribution in [3.05, 3.63) is 75.7 Å². The Hall–Kier alpha value is -3.35. The summed E-state index contributed by atoms with van der Waals surface area (Å²) >= 11 is 0. The summed E-state index contributed by atoms with van der Waals surface area (Å²) < 4.78 is 5.60. The molecule has 0 radical (unpaired) electrons. The number of rotatable bonds is 4. The molecule has 29 heavy (non-hydrogen) atoms. The molecule has 7 heteroatoms. The van der Waals surface area contributed by atoms with Crippen molar-refractivity contribution >= 4 is 11.7 Å². The fraction of sp³-hybridized carbons (Fsp3) is 0.318. The van der Waals surface area contributed by atoms with Crippen LogP contribution >= 0.6 is 0 Å². The van der Waals surface area contributed by atoms with Crippen LogP contribution in [0.3, 0.4) is 0 Å². The van der Waals surface area contributed by atoms with Gasteiger partial charge < -0.3 is 14.9 Å². The Balaban J connectivity index is 1.71. The molecule has 1 unspecified atom stereocenters. The summed E-state index contributed by atoms with van der Waals surface area (Å²) in [6, 6.07) is 13.4. The van der Waals surface area contributed by atoms with Crippen molar-refractivity contribution in [2.45, 2.75) is 37.7 Å². The minimum Gasteiger partial charge on any atom is -0.505 e. The first-order valence-corrected chi connectivity index (χ1v) is 9.65. The highest BCUT2D eigenvalue weighted by Gasteiger charge is 2.55. The molecule has 2 aromatic carbocycles. The SMILES string of the molecule is O=C1OC(c2ccc(-c3ccc([N+](=O)[O-])cc3)cc2)(C2CCCCC2)C(O)=C1O. The zero-order chi connectivity index (χ0) is 20.6. The van der Waals surface area contributed by atoms with Gasteiger partial charge in [-0.1, -0.05) is 43.5 Å². The molecule has 1 fully saturated rings. The van der Waals surface area contributed by atoms with Crippen LogP contribution in [0, 0.1) is 16.0 Å². The molecule has 0 amide bonds. The Morgan fingerprint density at radius 3 is 1.97 bits per heavy atom. The average Bonchev–Trinajstić information content (AvgIpc) is 2.99. The molecule has 1 saturated carbocycles. The lowest BCUT2D eigenvalue weighted by Crippen LogP contribution is -2.39. The second-order valence-corrected chi connectivity index (χ2v) is 7.54. The second kappa shape index (κ2) is 7.24. The van der Waals surface area contributed by atoms with Crippen LogP contribution in [0.2, 0.25) is 0 Å². The Morgan fingerprint density at radius 2 is 1.48 bits per heavy atom. The van der Waals surface area contributed by atoms with Gasteiger partial charge in [-0.05, 0) is 36.1 Å². The van der Waals surface area contributed by atoms with E-state index in [1.165, 1.54) is 12.1 Å². The van der Waals surface area contributed by atoms with Gasteiger partial charge in [-0.2, -0.15) is 0 Å². The van der Waals surface area contributed by atoms with Crippen LogP contribution in [0.5, 0.6) is 0 Å². The fourth-order valence-corrected chi connectivity index (χ4v) is 4.42. The molecule has 7 nitrogen and oxygen atoms in total. The summed E-state index contributed by atoms with van der Waals surface area (Å²) in [4.78, 5) is 22.4. The molecule has 2 aliphatic rings. The minimum atomic E-state index is -1.37. The molecule has 4 rings (SSSR count). The molecule has 2 aromatic rings. The first-order chi connectivity index (χ1) is 13.9. The maximum atomic E-state index is 12.0. The van der Waals surface area contributed by atoms with Crippen LogP contribution < -0.4 is 0 Å². The average molecular weight is 395 g/mol. The van der Waals surface area contributed by atoms with Gasteiger partial charge in [0, 0.05) is 23.6 Å². The van der Waals surface area contributed by atoms with Crippen molar-refractivity contribution in [1.29, 1.82) is 0 Å². The van der Waals surface area contributed by atoms with Crippen LogP contribution in [-0.4, -0.2) is 21.1 Å². The van der Waals surface area contributed by atoms with Gasteiger partial charge in [0.15, 0.2) is 5.76 Å². The predicted octanol–water partition coefficient (Wildman–Crippen LogP) is 4.92. The van der Waals surface area contributed by atoms with Crippen molar-refractivity contribution in [2.75, 3.05) is 0 Å². The highest BCUT2D eigenvalue weighted by Crippen LogP contribution is 2.50. The molecule has 0 spiro atoms. The summed E-state index contributed by atoms with van der Waals surface area (Å²) in [5.41, 5.74) is 0.893. The molecule has 1 heterocycles. The maximum absolute atomic E-state index is 12.0. The zero-order valence-corrected chi connectivity index (χ0v) is 15.7. The summed E-state index contributed by atoms with van der Waals surface area (Å²) in [6.07, 6.45) is 4.61. The van der Waals surface area contributed by atoms with Crippen molar-refractivity contribution in [1.82, 2.24) is 0 Å². The Bertz CT molecular complexity index is 973. The van der Waals surface area contributed by atoms with Gasteiger partial charge in [-0.25, -0.2) is 4.79 Å². The van der Waals surface area contributed by atoms with Crippen molar-refractivity contribution in [3.63, 3.8) is 0 Å². The topological polar surface area (TPSA) is 110 Å². The van der Waals surface area contributed by atoms with E-state index in [0.29, 0.717) is 5.56 Å². The number of nitro groups is 1. The molecule has 0 bridgehead atoms. The number of nitrogens with zero attached hydrogens (tertiary/aromatic N) is 1. The number of non-ortho nitro benzene ring substituents is 1. The summed E-state index contributed by atoms with van der Waals surface area (Å²) in [6.45, 7) is 0. The number of esters is 1. The lowest BCUT2D eigenvalue weighted by atomic mass is 9.72. The van der Waals surface area contributed by atoms with E-state index in [9.17, 15) is 25.1 Å². The quantitative estimate of drug-likeness (QED) is 0.432. The first kappa shape index (κ1) is 19.0. The number of nitro benzene ring substituents is 1. The van der Waals surface area contributed by atoms with E-state index in [-0.39, 0.29) is 11.6 Å². The van der Waals surface area contributed by atoms with Gasteiger partial charge in [0.1, 0.15) is 0 Å². The first-order valence-electron chi connectivity index (χ1n) is 9.65. The third-order valence-corrected chi connectivity index (χ3v) is 5.93. The molecule has 2 N–H and O–H groups in total. The molecule has 1 aliphatic heterocycles. The lowest BCUT2D eigenvalue weighted by Gasteiger charge is -2.38. The highest BCUT2D eigenvalue weighted by atomic mass is 16.6. The fourth-order valence-electron chi connectivity index (χ4n) is 4.42. The standard InChI is InChI=1S/C22H21NO6/c24-19-20(25)22(29-21(19)26,16-4-2-1-3-5-16)17-10-6-14(7-11-17)15-8-12-18(13-9-15)23(27)28/h6-13,16,24-25H,1-5H2. The van der Waals surface area contributed by atoms with Crippen LogP contribution in [0.15, 0.2) is 60.0 Å². The molecule has 0 saturated heterocycles. The number of carbonyl (C=O) groups is 1. The second-order valence-electron chi connectivity index (χ2n) is 7.54. The number of cyclic esters (lactones) is 1. The van der Waals surface area contributed by atoms with Crippen LogP contribution in [-0.2, 0) is 15.1 Å². The summed E-state index contributed by atoms with van der Waals surface area (Å²) in [5, 5.41) is 31.5. The Kier molecular flexibility index (Phi) is 4.74. The zero-order valence-electron chi connectivity index (χ0n) is 15.7. The predicted molar refractivity (Wildman–Crippen MR) is 105 cm³/mol. The monoisotopic (exact) mass is 395 g/mol. The van der Waals surface area contributed by atoms with E-state index in [1.807, 2.05) is 12.1 Å². The molecule has 1 aliphatic carbocycles. The molecule has 150 valence electrons. The maximum Gasteiger partial charge on any atom is 0.378 e. The van der Waals surface area contributed by atoms with Crippen LogP contribution in [0.4, 0.5) is 5.69 Å². The van der Waals surface area contributed by atoms with E-state index in [1.54, 1.807) is 24.3 Å². The summed E-state index contributed by atoms with van der Waals surface area (Å²) in [7, 11) is 0. The van der Waals surface area contributed by atoms with Gasteiger partial charge in [0.2, 0.25) is 11.4 Å². The number of carbonyl (C=O) groups excluding carboxylic acids is 1. The number of aliphatic hydroxyl groups is 2. The van der Waals surface area contributed by atoms with Crippen LogP contribution in [0.25, 0.3) is 11.1 Å². The van der Waals surface area contributed by atoms with Gasteiger partial charge in [0.25, 0.3) is 5.69 Å². The Morgan fingerprint density at radius 1 is 0.931 bits per heavy atom. The minimum absolute atomic E-state index is 0.0185. The van der Waals surface area contributed by atoms with E-state index in [2.05, 4.69) is 0 Å². The molecule has 0 aromatic heterocycles. The number of benzene rings is 2. The van der Waals surface area contributed by atoms with Gasteiger partial charge in [-0.3, -0.25) is 10.1 Å². The normalized spacial score (nSPS) is 22.6. The Labute approximate surface area is 167 Å². The van der Waals surface area contributed by atoms with E-state index in [0.717, 1.165) is 43.2 Å². The number of ether oxygens (including phenoxy) is 1. The third-order valence-electron chi connectivity index (χ3n) is 5.93. The van der Waals surface area contributed by atoms with Crippen LogP contribution in [0.1, 0.15) is 37.7 Å². The van der Waals surface area contributed by atoms with Gasteiger partial charge in [0.05, 0.1) is 4.92 Å². The lowest BCUT2D eigenvalue weighted by molar-refractivity contribution is -0.384.